The van der Waals surface area contributed by atoms with Gasteiger partial charge in [0.05, 0.1) is 0 Å². The van der Waals surface area contributed by atoms with Crippen molar-refractivity contribution in [2.24, 2.45) is 11.7 Å². The molecule has 2 aromatic rings. The second-order valence-electron chi connectivity index (χ2n) is 5.40. The van der Waals surface area contributed by atoms with Gasteiger partial charge >= 0.3 is 0 Å². The number of hydrogen-bond donors (Lipinski definition) is 2. The summed E-state index contributed by atoms with van der Waals surface area (Å²) in [5, 5.41) is 8.00. The Morgan fingerprint density at radius 3 is 3.00 bits per heavy atom. The van der Waals surface area contributed by atoms with Gasteiger partial charge in [0, 0.05) is 11.7 Å². The van der Waals surface area contributed by atoms with Crippen molar-refractivity contribution in [3.05, 3.63) is 23.9 Å². The molecular formula is C14H21N5. The van der Waals surface area contributed by atoms with Crippen molar-refractivity contribution in [2.45, 2.75) is 38.6 Å². The first-order valence-corrected chi connectivity index (χ1v) is 7.07. The van der Waals surface area contributed by atoms with E-state index in [4.69, 9.17) is 5.73 Å². The molecule has 1 fully saturated rings. The van der Waals surface area contributed by atoms with Crippen molar-refractivity contribution in [3.8, 4) is 0 Å². The standard InChI is InChI=1S/C14H21N5/c1-10-5-4-8-13-17-14(18-19(10)13)16-12-7-3-2-6-11(12)9-15/h4-5,8,11-12H,2-3,6-7,9,15H2,1H3,(H,16,18). The van der Waals surface area contributed by atoms with Gasteiger partial charge in [-0.1, -0.05) is 18.9 Å². The molecule has 2 unspecified atom stereocenters. The van der Waals surface area contributed by atoms with Gasteiger partial charge in [-0.2, -0.15) is 4.98 Å². The number of rotatable bonds is 3. The fourth-order valence-electron chi connectivity index (χ4n) is 2.94. The average Bonchev–Trinajstić information content (AvgIpc) is 2.83. The zero-order valence-corrected chi connectivity index (χ0v) is 11.3. The molecule has 5 nitrogen and oxygen atoms in total. The number of aryl methyl sites for hydroxylation is 1. The van der Waals surface area contributed by atoms with Crippen LogP contribution in [0.1, 0.15) is 31.4 Å². The van der Waals surface area contributed by atoms with Crippen LogP contribution in [0.5, 0.6) is 0 Å². The van der Waals surface area contributed by atoms with E-state index in [1.807, 2.05) is 29.6 Å². The van der Waals surface area contributed by atoms with E-state index in [-0.39, 0.29) is 0 Å². The molecule has 1 aliphatic rings. The molecule has 0 amide bonds. The molecule has 2 atom stereocenters. The Kier molecular flexibility index (Phi) is 3.38. The number of fused-ring (bicyclic) bond motifs is 1. The zero-order chi connectivity index (χ0) is 13.2. The first-order valence-electron chi connectivity index (χ1n) is 7.07. The van der Waals surface area contributed by atoms with E-state index in [0.29, 0.717) is 12.0 Å². The average molecular weight is 259 g/mol. The lowest BCUT2D eigenvalue weighted by Gasteiger charge is -2.30. The van der Waals surface area contributed by atoms with E-state index < -0.39 is 0 Å². The topological polar surface area (TPSA) is 68.2 Å². The highest BCUT2D eigenvalue weighted by Gasteiger charge is 2.24. The number of pyridine rings is 1. The summed E-state index contributed by atoms with van der Waals surface area (Å²) in [6, 6.07) is 6.43. The maximum Gasteiger partial charge on any atom is 0.243 e. The minimum Gasteiger partial charge on any atom is -0.350 e. The monoisotopic (exact) mass is 259 g/mol. The molecule has 102 valence electrons. The van der Waals surface area contributed by atoms with E-state index >= 15 is 0 Å². The summed E-state index contributed by atoms with van der Waals surface area (Å²) in [5.74, 6) is 1.26. The number of nitrogens with one attached hydrogen (secondary N) is 1. The number of hydrogen-bond acceptors (Lipinski definition) is 4. The number of anilines is 1. The molecule has 1 aliphatic carbocycles. The predicted molar refractivity (Wildman–Crippen MR) is 76.1 cm³/mol. The minimum atomic E-state index is 0.413. The van der Waals surface area contributed by atoms with E-state index in [9.17, 15) is 0 Å². The van der Waals surface area contributed by atoms with E-state index in [1.165, 1.54) is 19.3 Å². The SMILES string of the molecule is Cc1cccc2nc(NC3CCCCC3CN)nn12. The van der Waals surface area contributed by atoms with Crippen LogP contribution in [0, 0.1) is 12.8 Å². The molecule has 1 saturated carbocycles. The highest BCUT2D eigenvalue weighted by atomic mass is 15.4. The molecule has 3 rings (SSSR count). The van der Waals surface area contributed by atoms with Crippen LogP contribution in [0.2, 0.25) is 0 Å². The molecule has 0 spiro atoms. The summed E-state index contributed by atoms with van der Waals surface area (Å²) in [4.78, 5) is 4.54. The summed E-state index contributed by atoms with van der Waals surface area (Å²) >= 11 is 0. The first-order chi connectivity index (χ1) is 9.28. The Morgan fingerprint density at radius 1 is 1.37 bits per heavy atom. The van der Waals surface area contributed by atoms with Crippen LogP contribution in [-0.4, -0.2) is 27.2 Å². The third-order valence-electron chi connectivity index (χ3n) is 4.08. The molecule has 0 aliphatic heterocycles. The van der Waals surface area contributed by atoms with Crippen molar-refractivity contribution in [1.82, 2.24) is 14.6 Å². The van der Waals surface area contributed by atoms with Crippen LogP contribution in [0.25, 0.3) is 5.65 Å². The molecule has 0 radical (unpaired) electrons. The fraction of sp³-hybridized carbons (Fsp3) is 0.571. The Hall–Kier alpha value is -1.62. The van der Waals surface area contributed by atoms with Gasteiger partial charge in [0.15, 0.2) is 5.65 Å². The molecule has 0 aromatic carbocycles. The second kappa shape index (κ2) is 5.17. The maximum absolute atomic E-state index is 5.86. The number of aromatic nitrogens is 3. The Balaban J connectivity index is 1.82. The van der Waals surface area contributed by atoms with Gasteiger partial charge in [-0.15, -0.1) is 5.10 Å². The quantitative estimate of drug-likeness (QED) is 0.884. The van der Waals surface area contributed by atoms with Gasteiger partial charge in [0.25, 0.3) is 0 Å². The van der Waals surface area contributed by atoms with Crippen LogP contribution in [0.3, 0.4) is 0 Å². The van der Waals surface area contributed by atoms with Crippen LogP contribution in [-0.2, 0) is 0 Å². The van der Waals surface area contributed by atoms with Gasteiger partial charge in [-0.25, -0.2) is 4.52 Å². The molecule has 2 heterocycles. The van der Waals surface area contributed by atoms with Crippen molar-refractivity contribution >= 4 is 11.6 Å². The summed E-state index contributed by atoms with van der Waals surface area (Å²) in [5.41, 5.74) is 7.85. The number of nitrogens with two attached hydrogens (primary N) is 1. The normalized spacial score (nSPS) is 23.7. The van der Waals surface area contributed by atoms with Gasteiger partial charge in [-0.3, -0.25) is 0 Å². The van der Waals surface area contributed by atoms with Crippen LogP contribution in [0.4, 0.5) is 5.95 Å². The van der Waals surface area contributed by atoms with Crippen LogP contribution < -0.4 is 11.1 Å². The van der Waals surface area contributed by atoms with Gasteiger partial charge in [0.2, 0.25) is 5.95 Å². The number of nitrogens with zero attached hydrogens (tertiary/aromatic N) is 3. The second-order valence-corrected chi connectivity index (χ2v) is 5.40. The summed E-state index contributed by atoms with van der Waals surface area (Å²) in [7, 11) is 0. The Bertz CT molecular complexity index is 562. The molecule has 0 saturated heterocycles. The lowest BCUT2D eigenvalue weighted by molar-refractivity contribution is 0.331. The van der Waals surface area contributed by atoms with E-state index in [2.05, 4.69) is 15.4 Å². The molecule has 19 heavy (non-hydrogen) atoms. The molecule has 5 heteroatoms. The van der Waals surface area contributed by atoms with E-state index in [0.717, 1.165) is 30.3 Å². The van der Waals surface area contributed by atoms with Gasteiger partial charge < -0.3 is 11.1 Å². The van der Waals surface area contributed by atoms with Crippen molar-refractivity contribution in [1.29, 1.82) is 0 Å². The molecule has 3 N–H and O–H groups in total. The molecule has 2 aromatic heterocycles. The highest BCUT2D eigenvalue weighted by molar-refractivity contribution is 5.44. The van der Waals surface area contributed by atoms with Crippen molar-refractivity contribution < 1.29 is 0 Å². The van der Waals surface area contributed by atoms with Gasteiger partial charge in [-0.05, 0) is 44.4 Å². The molecule has 0 bridgehead atoms. The fourth-order valence-corrected chi connectivity index (χ4v) is 2.94. The largest absolute Gasteiger partial charge is 0.350 e. The summed E-state index contributed by atoms with van der Waals surface area (Å²) in [6.45, 7) is 2.78. The maximum atomic E-state index is 5.86. The molecular weight excluding hydrogens is 238 g/mol. The van der Waals surface area contributed by atoms with Crippen LogP contribution in [0.15, 0.2) is 18.2 Å². The highest BCUT2D eigenvalue weighted by Crippen LogP contribution is 2.25. The summed E-state index contributed by atoms with van der Waals surface area (Å²) in [6.07, 6.45) is 4.93. The Morgan fingerprint density at radius 2 is 2.21 bits per heavy atom. The van der Waals surface area contributed by atoms with Crippen molar-refractivity contribution in [2.75, 3.05) is 11.9 Å². The van der Waals surface area contributed by atoms with E-state index in [1.54, 1.807) is 0 Å². The lowest BCUT2D eigenvalue weighted by Crippen LogP contribution is -2.37. The zero-order valence-electron chi connectivity index (χ0n) is 11.3. The lowest BCUT2D eigenvalue weighted by atomic mass is 9.84. The third kappa shape index (κ3) is 2.42. The van der Waals surface area contributed by atoms with Gasteiger partial charge in [0.1, 0.15) is 0 Å². The Labute approximate surface area is 113 Å². The first kappa shape index (κ1) is 12.4. The third-order valence-corrected chi connectivity index (χ3v) is 4.08. The minimum absolute atomic E-state index is 0.413. The predicted octanol–water partition coefficient (Wildman–Crippen LogP) is 1.97. The van der Waals surface area contributed by atoms with Crippen molar-refractivity contribution in [3.63, 3.8) is 0 Å². The summed E-state index contributed by atoms with van der Waals surface area (Å²) < 4.78 is 1.88. The smallest absolute Gasteiger partial charge is 0.243 e. The van der Waals surface area contributed by atoms with Crippen LogP contribution >= 0.6 is 0 Å².